The quantitative estimate of drug-likeness (QED) is 0.798. The molecule has 4 heteroatoms. The summed E-state index contributed by atoms with van der Waals surface area (Å²) in [4.78, 5) is 22.8. The third kappa shape index (κ3) is 4.86. The average molecular weight is 241 g/mol. The van der Waals surface area contributed by atoms with Crippen molar-refractivity contribution in [3.8, 4) is 0 Å². The van der Waals surface area contributed by atoms with Gasteiger partial charge in [0.1, 0.15) is 11.9 Å². The van der Waals surface area contributed by atoms with Crippen molar-refractivity contribution in [2.24, 2.45) is 0 Å². The van der Waals surface area contributed by atoms with Crippen LogP contribution in [0.3, 0.4) is 0 Å². The molecule has 1 rings (SSSR count). The van der Waals surface area contributed by atoms with E-state index in [0.717, 1.165) is 19.3 Å². The number of rotatable bonds is 5. The Labute approximate surface area is 103 Å². The zero-order valence-corrected chi connectivity index (χ0v) is 11.0. The Balaban J connectivity index is 2.30. The molecule has 1 fully saturated rings. The van der Waals surface area contributed by atoms with E-state index in [-0.39, 0.29) is 18.1 Å². The number of hydrogen-bond acceptors (Lipinski definition) is 3. The monoisotopic (exact) mass is 241 g/mol. The van der Waals surface area contributed by atoms with Crippen LogP contribution < -0.4 is 5.32 Å². The van der Waals surface area contributed by atoms with Crippen LogP contribution in [-0.2, 0) is 14.3 Å². The SMILES string of the molecule is CCC(C)NC(=O)C(C)OC1CCC(=O)CC1. The van der Waals surface area contributed by atoms with Crippen molar-refractivity contribution in [3.05, 3.63) is 0 Å². The van der Waals surface area contributed by atoms with Crippen LogP contribution in [-0.4, -0.2) is 29.9 Å². The second-order valence-corrected chi connectivity index (χ2v) is 4.83. The van der Waals surface area contributed by atoms with E-state index >= 15 is 0 Å². The molecule has 0 aromatic carbocycles. The van der Waals surface area contributed by atoms with Crippen LogP contribution in [0.1, 0.15) is 52.9 Å². The largest absolute Gasteiger partial charge is 0.365 e. The van der Waals surface area contributed by atoms with E-state index in [9.17, 15) is 9.59 Å². The molecule has 98 valence electrons. The molecule has 1 N–H and O–H groups in total. The van der Waals surface area contributed by atoms with E-state index in [2.05, 4.69) is 5.32 Å². The van der Waals surface area contributed by atoms with Crippen molar-refractivity contribution in [3.63, 3.8) is 0 Å². The highest BCUT2D eigenvalue weighted by Gasteiger charge is 2.24. The van der Waals surface area contributed by atoms with Crippen LogP contribution in [0.25, 0.3) is 0 Å². The van der Waals surface area contributed by atoms with Gasteiger partial charge in [-0.1, -0.05) is 6.92 Å². The van der Waals surface area contributed by atoms with Gasteiger partial charge in [0.25, 0.3) is 0 Å². The van der Waals surface area contributed by atoms with Gasteiger partial charge in [-0.15, -0.1) is 0 Å². The van der Waals surface area contributed by atoms with Crippen molar-refractivity contribution in [1.29, 1.82) is 0 Å². The number of nitrogens with one attached hydrogen (secondary N) is 1. The molecule has 1 aliphatic rings. The van der Waals surface area contributed by atoms with E-state index in [1.165, 1.54) is 0 Å². The van der Waals surface area contributed by atoms with Crippen molar-refractivity contribution in [2.75, 3.05) is 0 Å². The molecule has 0 saturated heterocycles. The molecule has 0 radical (unpaired) electrons. The molecule has 1 amide bonds. The topological polar surface area (TPSA) is 55.4 Å². The van der Waals surface area contributed by atoms with Crippen molar-refractivity contribution in [2.45, 2.75) is 71.1 Å². The molecule has 4 nitrogen and oxygen atoms in total. The van der Waals surface area contributed by atoms with E-state index in [1.54, 1.807) is 6.92 Å². The average Bonchev–Trinajstić information content (AvgIpc) is 2.31. The predicted molar refractivity (Wildman–Crippen MR) is 65.7 cm³/mol. The lowest BCUT2D eigenvalue weighted by molar-refractivity contribution is -0.138. The lowest BCUT2D eigenvalue weighted by atomic mass is 9.96. The van der Waals surface area contributed by atoms with Gasteiger partial charge in [-0.3, -0.25) is 9.59 Å². The van der Waals surface area contributed by atoms with Crippen molar-refractivity contribution in [1.82, 2.24) is 5.32 Å². The lowest BCUT2D eigenvalue weighted by Gasteiger charge is -2.25. The van der Waals surface area contributed by atoms with E-state index in [0.29, 0.717) is 18.6 Å². The van der Waals surface area contributed by atoms with Gasteiger partial charge < -0.3 is 10.1 Å². The minimum absolute atomic E-state index is 0.0590. The van der Waals surface area contributed by atoms with E-state index in [1.807, 2.05) is 13.8 Å². The zero-order valence-electron chi connectivity index (χ0n) is 11.0. The number of amides is 1. The molecule has 0 aliphatic heterocycles. The third-order valence-electron chi connectivity index (χ3n) is 3.26. The number of carbonyl (C=O) groups excluding carboxylic acids is 2. The van der Waals surface area contributed by atoms with Gasteiger partial charge >= 0.3 is 0 Å². The van der Waals surface area contributed by atoms with Gasteiger partial charge in [0, 0.05) is 18.9 Å². The molecule has 0 aromatic rings. The maximum Gasteiger partial charge on any atom is 0.249 e. The van der Waals surface area contributed by atoms with Gasteiger partial charge in [-0.2, -0.15) is 0 Å². The highest BCUT2D eigenvalue weighted by atomic mass is 16.5. The molecule has 0 heterocycles. The summed E-state index contributed by atoms with van der Waals surface area (Å²) in [6.45, 7) is 5.78. The third-order valence-corrected chi connectivity index (χ3v) is 3.26. The van der Waals surface area contributed by atoms with Crippen molar-refractivity contribution < 1.29 is 14.3 Å². The Morgan fingerprint density at radius 1 is 1.41 bits per heavy atom. The van der Waals surface area contributed by atoms with Crippen LogP contribution >= 0.6 is 0 Å². The van der Waals surface area contributed by atoms with E-state index in [4.69, 9.17) is 4.74 Å². The second-order valence-electron chi connectivity index (χ2n) is 4.83. The molecule has 1 aliphatic carbocycles. The normalized spacial score (nSPS) is 21.0. The first-order valence-electron chi connectivity index (χ1n) is 6.50. The fourth-order valence-corrected chi connectivity index (χ4v) is 1.86. The lowest BCUT2D eigenvalue weighted by Crippen LogP contribution is -2.41. The maximum atomic E-state index is 11.7. The molecular formula is C13H23NO3. The Morgan fingerprint density at radius 3 is 2.53 bits per heavy atom. The fourth-order valence-electron chi connectivity index (χ4n) is 1.86. The second kappa shape index (κ2) is 6.74. The summed E-state index contributed by atoms with van der Waals surface area (Å²) < 4.78 is 5.68. The van der Waals surface area contributed by atoms with Gasteiger partial charge in [-0.25, -0.2) is 0 Å². The number of ether oxygens (including phenoxy) is 1. The maximum absolute atomic E-state index is 11.7. The van der Waals surface area contributed by atoms with Gasteiger partial charge in [0.2, 0.25) is 5.91 Å². The summed E-state index contributed by atoms with van der Waals surface area (Å²) in [5.41, 5.74) is 0. The van der Waals surface area contributed by atoms with Crippen LogP contribution in [0.15, 0.2) is 0 Å². The summed E-state index contributed by atoms with van der Waals surface area (Å²) in [5, 5.41) is 2.90. The molecule has 0 bridgehead atoms. The Morgan fingerprint density at radius 2 is 2.00 bits per heavy atom. The first-order valence-corrected chi connectivity index (χ1v) is 6.50. The Kier molecular flexibility index (Phi) is 5.62. The predicted octanol–water partition coefficient (Wildman–Crippen LogP) is 1.82. The zero-order chi connectivity index (χ0) is 12.8. The molecule has 2 unspecified atom stereocenters. The summed E-state index contributed by atoms with van der Waals surface area (Å²) in [6, 6.07) is 0.182. The summed E-state index contributed by atoms with van der Waals surface area (Å²) in [5.74, 6) is 0.248. The minimum atomic E-state index is -0.429. The minimum Gasteiger partial charge on any atom is -0.365 e. The molecule has 17 heavy (non-hydrogen) atoms. The number of carbonyl (C=O) groups is 2. The molecule has 0 spiro atoms. The van der Waals surface area contributed by atoms with Crippen LogP contribution in [0, 0.1) is 0 Å². The summed E-state index contributed by atoms with van der Waals surface area (Å²) in [7, 11) is 0. The summed E-state index contributed by atoms with van der Waals surface area (Å²) >= 11 is 0. The standard InChI is InChI=1S/C13H23NO3/c1-4-9(2)14-13(16)10(3)17-12-7-5-11(15)6-8-12/h9-10,12H,4-8H2,1-3H3,(H,14,16). The van der Waals surface area contributed by atoms with Crippen LogP contribution in [0.4, 0.5) is 0 Å². The Hall–Kier alpha value is -0.900. The molecule has 2 atom stereocenters. The fraction of sp³-hybridized carbons (Fsp3) is 0.846. The first-order chi connectivity index (χ1) is 8.02. The summed E-state index contributed by atoms with van der Waals surface area (Å²) in [6.07, 6.45) is 3.22. The van der Waals surface area contributed by atoms with Crippen LogP contribution in [0.2, 0.25) is 0 Å². The Bertz CT molecular complexity index is 268. The van der Waals surface area contributed by atoms with Crippen molar-refractivity contribution >= 4 is 11.7 Å². The molecular weight excluding hydrogens is 218 g/mol. The molecule has 1 saturated carbocycles. The van der Waals surface area contributed by atoms with Gasteiger partial charge in [0.05, 0.1) is 6.10 Å². The molecule has 0 aromatic heterocycles. The highest BCUT2D eigenvalue weighted by Crippen LogP contribution is 2.19. The van der Waals surface area contributed by atoms with Crippen LogP contribution in [0.5, 0.6) is 0 Å². The van der Waals surface area contributed by atoms with E-state index < -0.39 is 6.10 Å². The number of hydrogen-bond donors (Lipinski definition) is 1. The smallest absolute Gasteiger partial charge is 0.249 e. The number of Topliss-reactive ketones (excluding diaryl/α,β-unsaturated/α-hetero) is 1. The highest BCUT2D eigenvalue weighted by molar-refractivity contribution is 5.81. The number of ketones is 1. The van der Waals surface area contributed by atoms with Gasteiger partial charge in [-0.05, 0) is 33.1 Å². The first kappa shape index (κ1) is 14.2. The van der Waals surface area contributed by atoms with Gasteiger partial charge in [0.15, 0.2) is 0 Å².